The molecule has 0 aliphatic heterocycles. The second kappa shape index (κ2) is 7.78. The lowest BCUT2D eigenvalue weighted by Gasteiger charge is -2.55. The minimum Gasteiger partial charge on any atom is -0.456 e. The molecular weight excluding hydrogens is 388 g/mol. The zero-order chi connectivity index (χ0) is 21.8. The van der Waals surface area contributed by atoms with Gasteiger partial charge in [-0.15, -0.1) is 0 Å². The Morgan fingerprint density at radius 1 is 0.710 bits per heavy atom. The Kier molecular flexibility index (Phi) is 5.34. The van der Waals surface area contributed by atoms with Gasteiger partial charge >= 0.3 is 11.9 Å². The van der Waals surface area contributed by atoms with Gasteiger partial charge in [-0.25, -0.2) is 9.59 Å². The van der Waals surface area contributed by atoms with E-state index in [1.165, 1.54) is 44.6 Å². The molecule has 0 amide bonds. The summed E-state index contributed by atoms with van der Waals surface area (Å²) in [4.78, 5) is 23.1. The Morgan fingerprint density at radius 2 is 1.03 bits per heavy atom. The maximum absolute atomic E-state index is 11.7. The van der Waals surface area contributed by atoms with Gasteiger partial charge in [-0.1, -0.05) is 13.2 Å². The summed E-state index contributed by atoms with van der Waals surface area (Å²) in [5.74, 6) is 4.55. The highest BCUT2D eigenvalue weighted by atomic mass is 16.6. The first-order valence-corrected chi connectivity index (χ1v) is 12.5. The van der Waals surface area contributed by atoms with Gasteiger partial charge in [0.2, 0.25) is 0 Å². The third-order valence-corrected chi connectivity index (χ3v) is 9.11. The third kappa shape index (κ3) is 4.24. The van der Waals surface area contributed by atoms with Gasteiger partial charge in [-0.3, -0.25) is 0 Å². The van der Waals surface area contributed by atoms with Crippen LogP contribution < -0.4 is 0 Å². The molecule has 0 radical (unpaired) electrons. The van der Waals surface area contributed by atoms with Gasteiger partial charge in [-0.2, -0.15) is 0 Å². The van der Waals surface area contributed by atoms with Crippen LogP contribution in [0.2, 0.25) is 0 Å². The Morgan fingerprint density at radius 3 is 1.32 bits per heavy atom. The van der Waals surface area contributed by atoms with Crippen molar-refractivity contribution in [2.24, 2.45) is 35.5 Å². The first kappa shape index (κ1) is 21.3. The molecule has 31 heavy (non-hydrogen) atoms. The van der Waals surface area contributed by atoms with Crippen LogP contribution in [0.3, 0.4) is 0 Å². The molecule has 8 fully saturated rings. The van der Waals surface area contributed by atoms with Gasteiger partial charge in [-0.05, 0) is 119 Å². The average Bonchev–Trinajstić information content (AvgIpc) is 2.65. The first-order valence-electron chi connectivity index (χ1n) is 12.5. The highest BCUT2D eigenvalue weighted by molar-refractivity contribution is 5.87. The molecule has 0 saturated heterocycles. The minimum absolute atomic E-state index is 0.0972. The molecule has 8 aliphatic rings. The molecule has 8 rings (SSSR count). The molecule has 0 N–H and O–H groups in total. The number of hydrogen-bond acceptors (Lipinski definition) is 4. The SMILES string of the molecule is C=C(C)C(=O)OC12CC3CC(CC(C3)C1)C2.C=CC(=O)OC12CC3CC(CC(C3)C1)C2. The topological polar surface area (TPSA) is 52.6 Å². The molecular formula is C27H38O4. The highest BCUT2D eigenvalue weighted by Gasteiger charge is 2.54. The molecule has 0 heterocycles. The van der Waals surface area contributed by atoms with Gasteiger partial charge in [0, 0.05) is 11.6 Å². The molecule has 0 aromatic carbocycles. The van der Waals surface area contributed by atoms with Crippen LogP contribution in [0.4, 0.5) is 0 Å². The van der Waals surface area contributed by atoms with Crippen molar-refractivity contribution in [1.82, 2.24) is 0 Å². The van der Waals surface area contributed by atoms with Gasteiger partial charge in [0.15, 0.2) is 0 Å². The highest BCUT2D eigenvalue weighted by Crippen LogP contribution is 2.58. The summed E-state index contributed by atoms with van der Waals surface area (Å²) in [6, 6.07) is 0. The van der Waals surface area contributed by atoms with Gasteiger partial charge in [0.25, 0.3) is 0 Å². The van der Waals surface area contributed by atoms with Gasteiger partial charge in [0.05, 0.1) is 0 Å². The van der Waals surface area contributed by atoms with Gasteiger partial charge in [0.1, 0.15) is 11.2 Å². The van der Waals surface area contributed by atoms with Crippen LogP contribution in [0.25, 0.3) is 0 Å². The van der Waals surface area contributed by atoms with Crippen LogP contribution in [0.5, 0.6) is 0 Å². The van der Waals surface area contributed by atoms with Crippen LogP contribution in [0.1, 0.15) is 84.0 Å². The van der Waals surface area contributed by atoms with Crippen LogP contribution in [0.15, 0.2) is 24.8 Å². The number of hydrogen-bond donors (Lipinski definition) is 0. The summed E-state index contributed by atoms with van der Waals surface area (Å²) < 4.78 is 11.4. The molecule has 0 aromatic heterocycles. The predicted octanol–water partition coefficient (Wildman–Crippen LogP) is 5.76. The van der Waals surface area contributed by atoms with Crippen LogP contribution in [-0.4, -0.2) is 23.1 Å². The van der Waals surface area contributed by atoms with E-state index < -0.39 is 0 Å². The molecule has 0 spiro atoms. The Labute approximate surface area is 186 Å². The Balaban J connectivity index is 0.000000132. The fraction of sp³-hybridized carbons (Fsp3) is 0.778. The molecule has 0 unspecified atom stereocenters. The van der Waals surface area contributed by atoms with E-state index in [0.29, 0.717) is 5.57 Å². The van der Waals surface area contributed by atoms with Crippen molar-refractivity contribution >= 4 is 11.9 Å². The van der Waals surface area contributed by atoms with Gasteiger partial charge < -0.3 is 9.47 Å². The Bertz CT molecular complexity index is 708. The van der Waals surface area contributed by atoms with Crippen molar-refractivity contribution in [3.8, 4) is 0 Å². The number of carbonyl (C=O) groups excluding carboxylic acids is 2. The zero-order valence-electron chi connectivity index (χ0n) is 19.1. The molecule has 4 nitrogen and oxygen atoms in total. The van der Waals surface area contributed by atoms with E-state index in [2.05, 4.69) is 13.2 Å². The number of carbonyl (C=O) groups is 2. The van der Waals surface area contributed by atoms with Crippen molar-refractivity contribution in [2.45, 2.75) is 95.2 Å². The lowest BCUT2D eigenvalue weighted by atomic mass is 9.54. The summed E-state index contributed by atoms with van der Waals surface area (Å²) >= 11 is 0. The fourth-order valence-electron chi connectivity index (χ4n) is 8.85. The largest absolute Gasteiger partial charge is 0.456 e. The molecule has 0 atom stereocenters. The van der Waals surface area contributed by atoms with Crippen molar-refractivity contribution < 1.29 is 19.1 Å². The smallest absolute Gasteiger partial charge is 0.333 e. The Hall–Kier alpha value is -1.58. The molecule has 170 valence electrons. The van der Waals surface area contributed by atoms with Crippen molar-refractivity contribution in [3.63, 3.8) is 0 Å². The van der Waals surface area contributed by atoms with Crippen LogP contribution in [0, 0.1) is 35.5 Å². The lowest BCUT2D eigenvalue weighted by molar-refractivity contribution is -0.182. The van der Waals surface area contributed by atoms with E-state index in [1.807, 2.05) is 0 Å². The van der Waals surface area contributed by atoms with E-state index in [0.717, 1.165) is 74.0 Å². The number of rotatable bonds is 4. The maximum atomic E-state index is 11.7. The van der Waals surface area contributed by atoms with Crippen molar-refractivity contribution in [1.29, 1.82) is 0 Å². The van der Waals surface area contributed by atoms with E-state index in [1.54, 1.807) is 6.92 Å². The molecule has 8 aliphatic carbocycles. The minimum atomic E-state index is -0.225. The predicted molar refractivity (Wildman–Crippen MR) is 119 cm³/mol. The monoisotopic (exact) mass is 426 g/mol. The average molecular weight is 427 g/mol. The quantitative estimate of drug-likeness (QED) is 0.424. The zero-order valence-corrected chi connectivity index (χ0v) is 19.1. The number of esters is 2. The molecule has 8 bridgehead atoms. The van der Waals surface area contributed by atoms with E-state index in [9.17, 15) is 9.59 Å². The summed E-state index contributed by atoms with van der Waals surface area (Å²) in [5.41, 5.74) is 0.334. The fourth-order valence-corrected chi connectivity index (χ4v) is 8.85. The summed E-state index contributed by atoms with van der Waals surface area (Å²) in [7, 11) is 0. The van der Waals surface area contributed by atoms with Crippen molar-refractivity contribution in [2.75, 3.05) is 0 Å². The molecule has 0 aromatic rings. The standard InChI is InChI=1S/C14H20O2.C13H18O2/c1-9(2)13(15)16-14-6-10-3-11(7-14)5-12(4-10)8-14;1-2-12(14)15-13-6-9-3-10(7-13)5-11(4-9)8-13/h10-12H,1,3-8H2,2H3;2,9-11H,1,3-8H2. The summed E-state index contributed by atoms with van der Waals surface area (Å²) in [6.45, 7) is 8.90. The van der Waals surface area contributed by atoms with E-state index >= 15 is 0 Å². The maximum Gasteiger partial charge on any atom is 0.333 e. The summed E-state index contributed by atoms with van der Waals surface area (Å²) in [6.07, 6.45) is 16.2. The summed E-state index contributed by atoms with van der Waals surface area (Å²) in [5, 5.41) is 0. The van der Waals surface area contributed by atoms with E-state index in [4.69, 9.17) is 9.47 Å². The second-order valence-electron chi connectivity index (χ2n) is 12.0. The van der Waals surface area contributed by atoms with Crippen molar-refractivity contribution in [3.05, 3.63) is 24.8 Å². The first-order chi connectivity index (χ1) is 14.8. The normalized spacial score (nSPS) is 45.5. The molecule has 8 saturated carbocycles. The lowest BCUT2D eigenvalue weighted by Crippen LogP contribution is -2.52. The van der Waals surface area contributed by atoms with Crippen LogP contribution in [-0.2, 0) is 19.1 Å². The second-order valence-corrected chi connectivity index (χ2v) is 12.0. The number of ether oxygens (including phenoxy) is 2. The van der Waals surface area contributed by atoms with Crippen LogP contribution >= 0.6 is 0 Å². The third-order valence-electron chi connectivity index (χ3n) is 9.11. The molecule has 4 heteroatoms. The van der Waals surface area contributed by atoms with E-state index in [-0.39, 0.29) is 23.1 Å².